The van der Waals surface area contributed by atoms with Crippen LogP contribution in [-0.4, -0.2) is 10.8 Å². The summed E-state index contributed by atoms with van der Waals surface area (Å²) in [4.78, 5) is 15.9. The molecule has 0 saturated carbocycles. The Morgan fingerprint density at radius 2 is 1.85 bits per heavy atom. The van der Waals surface area contributed by atoms with Crippen LogP contribution in [0.1, 0.15) is 27.0 Å². The van der Waals surface area contributed by atoms with Gasteiger partial charge in [0.05, 0.1) is 0 Å². The van der Waals surface area contributed by atoms with E-state index in [-0.39, 0.29) is 5.78 Å². The van der Waals surface area contributed by atoms with E-state index in [1.165, 1.54) is 5.56 Å². The molecule has 0 unspecified atom stereocenters. The summed E-state index contributed by atoms with van der Waals surface area (Å²) in [5, 5.41) is 0.972. The third-order valence-corrected chi connectivity index (χ3v) is 4.02. The first-order valence-corrected chi connectivity index (χ1v) is 7.24. The number of aryl methyl sites for hydroxylation is 2. The van der Waals surface area contributed by atoms with Crippen LogP contribution in [0.25, 0.3) is 10.9 Å². The SMILES string of the molecule is Cc1ccc2c(C(=O)c3cc(Br)ccc3C)c[nH]c2c1. The Balaban J connectivity index is 2.15. The van der Waals surface area contributed by atoms with Gasteiger partial charge in [-0.2, -0.15) is 0 Å². The Labute approximate surface area is 126 Å². The largest absolute Gasteiger partial charge is 0.360 e. The zero-order valence-corrected chi connectivity index (χ0v) is 12.9. The van der Waals surface area contributed by atoms with Crippen molar-refractivity contribution in [2.24, 2.45) is 0 Å². The molecule has 1 aromatic heterocycles. The maximum absolute atomic E-state index is 12.7. The van der Waals surface area contributed by atoms with Gasteiger partial charge in [-0.25, -0.2) is 0 Å². The molecule has 0 atom stereocenters. The van der Waals surface area contributed by atoms with E-state index in [4.69, 9.17) is 0 Å². The monoisotopic (exact) mass is 327 g/mol. The zero-order chi connectivity index (χ0) is 14.3. The van der Waals surface area contributed by atoms with E-state index >= 15 is 0 Å². The van der Waals surface area contributed by atoms with Gasteiger partial charge >= 0.3 is 0 Å². The highest BCUT2D eigenvalue weighted by atomic mass is 79.9. The van der Waals surface area contributed by atoms with Crippen LogP contribution in [0.15, 0.2) is 47.1 Å². The van der Waals surface area contributed by atoms with Gasteiger partial charge in [-0.15, -0.1) is 0 Å². The molecule has 0 fully saturated rings. The molecule has 1 N–H and O–H groups in total. The number of halogens is 1. The summed E-state index contributed by atoms with van der Waals surface area (Å²) in [6.07, 6.45) is 1.80. The molecule has 0 aliphatic carbocycles. The number of benzene rings is 2. The number of nitrogens with one attached hydrogen (secondary N) is 1. The normalized spacial score (nSPS) is 10.9. The Hall–Kier alpha value is -1.87. The molecule has 0 aliphatic heterocycles. The number of aromatic nitrogens is 1. The van der Waals surface area contributed by atoms with Crippen molar-refractivity contribution in [3.63, 3.8) is 0 Å². The van der Waals surface area contributed by atoms with E-state index in [0.29, 0.717) is 0 Å². The van der Waals surface area contributed by atoms with Crippen molar-refractivity contribution in [2.45, 2.75) is 13.8 Å². The molecule has 100 valence electrons. The summed E-state index contributed by atoms with van der Waals surface area (Å²) in [5.41, 5.74) is 4.62. The molecule has 0 saturated heterocycles. The molecule has 20 heavy (non-hydrogen) atoms. The predicted octanol–water partition coefficient (Wildman–Crippen LogP) is 4.78. The second-order valence-corrected chi connectivity index (χ2v) is 5.96. The summed E-state index contributed by atoms with van der Waals surface area (Å²) < 4.78 is 0.919. The lowest BCUT2D eigenvalue weighted by molar-refractivity contribution is 0.103. The molecule has 3 rings (SSSR count). The number of aromatic amines is 1. The summed E-state index contributed by atoms with van der Waals surface area (Å²) in [6.45, 7) is 4.00. The first-order valence-electron chi connectivity index (χ1n) is 6.45. The van der Waals surface area contributed by atoms with Crippen LogP contribution in [0.2, 0.25) is 0 Å². The third kappa shape index (κ3) is 2.18. The topological polar surface area (TPSA) is 32.9 Å². The number of fused-ring (bicyclic) bond motifs is 1. The van der Waals surface area contributed by atoms with Gasteiger partial charge < -0.3 is 4.98 Å². The molecular weight excluding hydrogens is 314 g/mol. The Kier molecular flexibility index (Phi) is 3.22. The fraction of sp³-hybridized carbons (Fsp3) is 0.118. The number of carbonyl (C=O) groups excluding carboxylic acids is 1. The molecule has 0 aliphatic rings. The summed E-state index contributed by atoms with van der Waals surface area (Å²) in [7, 11) is 0. The number of rotatable bonds is 2. The van der Waals surface area contributed by atoms with Crippen molar-refractivity contribution in [2.75, 3.05) is 0 Å². The quantitative estimate of drug-likeness (QED) is 0.675. The van der Waals surface area contributed by atoms with Crippen molar-refractivity contribution in [1.82, 2.24) is 4.98 Å². The van der Waals surface area contributed by atoms with Gasteiger partial charge in [-0.05, 0) is 43.2 Å². The first kappa shape index (κ1) is 13.1. The molecule has 2 nitrogen and oxygen atoms in total. The van der Waals surface area contributed by atoms with E-state index in [0.717, 1.165) is 32.1 Å². The summed E-state index contributed by atoms with van der Waals surface area (Å²) >= 11 is 3.43. The summed E-state index contributed by atoms with van der Waals surface area (Å²) in [5.74, 6) is 0.0545. The number of hydrogen-bond acceptors (Lipinski definition) is 1. The average Bonchev–Trinajstić information content (AvgIpc) is 2.83. The molecule has 3 aromatic rings. The van der Waals surface area contributed by atoms with Gasteiger partial charge in [-0.3, -0.25) is 4.79 Å². The lowest BCUT2D eigenvalue weighted by atomic mass is 9.98. The van der Waals surface area contributed by atoms with Gasteiger partial charge in [0, 0.05) is 32.7 Å². The molecule has 0 radical (unpaired) electrons. The number of H-pyrrole nitrogens is 1. The van der Waals surface area contributed by atoms with Crippen molar-refractivity contribution >= 4 is 32.6 Å². The minimum Gasteiger partial charge on any atom is -0.360 e. The van der Waals surface area contributed by atoms with Gasteiger partial charge in [0.1, 0.15) is 0 Å². The smallest absolute Gasteiger partial charge is 0.195 e. The van der Waals surface area contributed by atoms with E-state index in [1.807, 2.05) is 44.2 Å². The van der Waals surface area contributed by atoms with Gasteiger partial charge in [0.15, 0.2) is 5.78 Å². The lowest BCUT2D eigenvalue weighted by Gasteiger charge is -2.05. The third-order valence-electron chi connectivity index (χ3n) is 3.53. The van der Waals surface area contributed by atoms with Crippen LogP contribution in [0.5, 0.6) is 0 Å². The second kappa shape index (κ2) is 4.91. The standard InChI is InChI=1S/C17H14BrNO/c1-10-3-6-13-15(9-19-16(13)7-10)17(20)14-8-12(18)5-4-11(14)2/h3-9,19H,1-2H3. The van der Waals surface area contributed by atoms with E-state index in [9.17, 15) is 4.79 Å². The van der Waals surface area contributed by atoms with Crippen LogP contribution >= 0.6 is 15.9 Å². The second-order valence-electron chi connectivity index (χ2n) is 5.04. The fourth-order valence-electron chi connectivity index (χ4n) is 2.41. The van der Waals surface area contributed by atoms with Crippen LogP contribution in [0.4, 0.5) is 0 Å². The highest BCUT2D eigenvalue weighted by Crippen LogP contribution is 2.25. The molecule has 0 amide bonds. The maximum Gasteiger partial charge on any atom is 0.195 e. The van der Waals surface area contributed by atoms with Crippen LogP contribution in [0, 0.1) is 13.8 Å². The Bertz CT molecular complexity index is 817. The highest BCUT2D eigenvalue weighted by Gasteiger charge is 2.16. The average molecular weight is 328 g/mol. The van der Waals surface area contributed by atoms with Crippen LogP contribution < -0.4 is 0 Å². The van der Waals surface area contributed by atoms with Crippen molar-refractivity contribution in [1.29, 1.82) is 0 Å². The first-order chi connectivity index (χ1) is 9.56. The zero-order valence-electron chi connectivity index (χ0n) is 11.3. The number of carbonyl (C=O) groups is 1. The van der Waals surface area contributed by atoms with E-state index in [2.05, 4.69) is 27.0 Å². The molecule has 3 heteroatoms. The molecule has 2 aromatic carbocycles. The lowest BCUT2D eigenvalue weighted by Crippen LogP contribution is -2.03. The van der Waals surface area contributed by atoms with Gasteiger partial charge in [-0.1, -0.05) is 34.1 Å². The fourth-order valence-corrected chi connectivity index (χ4v) is 2.77. The van der Waals surface area contributed by atoms with Crippen molar-refractivity contribution in [3.05, 3.63) is 69.3 Å². The Morgan fingerprint density at radius 3 is 2.65 bits per heavy atom. The Morgan fingerprint density at radius 1 is 1.05 bits per heavy atom. The minimum atomic E-state index is 0.0545. The van der Waals surface area contributed by atoms with Crippen LogP contribution in [0.3, 0.4) is 0 Å². The maximum atomic E-state index is 12.7. The molecular formula is C17H14BrNO. The predicted molar refractivity (Wildman–Crippen MR) is 85.3 cm³/mol. The van der Waals surface area contributed by atoms with E-state index < -0.39 is 0 Å². The number of hydrogen-bond donors (Lipinski definition) is 1. The van der Waals surface area contributed by atoms with Crippen molar-refractivity contribution in [3.8, 4) is 0 Å². The van der Waals surface area contributed by atoms with Gasteiger partial charge in [0.25, 0.3) is 0 Å². The molecule has 0 spiro atoms. The van der Waals surface area contributed by atoms with Crippen molar-refractivity contribution < 1.29 is 4.79 Å². The molecule has 1 heterocycles. The van der Waals surface area contributed by atoms with Gasteiger partial charge in [0.2, 0.25) is 0 Å². The minimum absolute atomic E-state index is 0.0545. The van der Waals surface area contributed by atoms with Crippen LogP contribution in [-0.2, 0) is 0 Å². The highest BCUT2D eigenvalue weighted by molar-refractivity contribution is 9.10. The van der Waals surface area contributed by atoms with E-state index in [1.54, 1.807) is 6.20 Å². The summed E-state index contributed by atoms with van der Waals surface area (Å²) in [6, 6.07) is 11.9. The molecule has 0 bridgehead atoms. The number of ketones is 1.